The summed E-state index contributed by atoms with van der Waals surface area (Å²) in [6.07, 6.45) is 0.862. The number of nitrogens with one attached hydrogen (secondary N) is 2. The summed E-state index contributed by atoms with van der Waals surface area (Å²) in [4.78, 5) is 10.6. The first-order valence-corrected chi connectivity index (χ1v) is 2.91. The number of aliphatic hydroxyl groups excluding tert-OH is 1. The van der Waals surface area contributed by atoms with Crippen molar-refractivity contribution in [2.24, 2.45) is 5.10 Å². The molecule has 66 valence electrons. The summed E-state index contributed by atoms with van der Waals surface area (Å²) in [5.74, 6) is -1.28. The predicted octanol–water partition coefficient (Wildman–Crippen LogP) is -0.216. The maximum absolute atomic E-state index is 10.6. The summed E-state index contributed by atoms with van der Waals surface area (Å²) in [5.41, 5.74) is 1.56. The van der Waals surface area contributed by atoms with Gasteiger partial charge in [0.15, 0.2) is 0 Å². The van der Waals surface area contributed by atoms with Gasteiger partial charge < -0.3 is 9.84 Å². The molecule has 12 heavy (non-hydrogen) atoms. The van der Waals surface area contributed by atoms with Crippen molar-refractivity contribution >= 4 is 18.4 Å². The number of methoxy groups -OCH3 is 1. The van der Waals surface area contributed by atoms with E-state index in [9.17, 15) is 4.79 Å². The number of hydrogen-bond acceptors (Lipinski definition) is 6. The Kier molecular flexibility index (Phi) is 4.13. The van der Waals surface area contributed by atoms with E-state index in [4.69, 9.17) is 10.5 Å². The van der Waals surface area contributed by atoms with Gasteiger partial charge in [-0.05, 0) is 0 Å². The van der Waals surface area contributed by atoms with Crippen molar-refractivity contribution in [2.75, 3.05) is 7.11 Å². The minimum absolute atomic E-state index is 0.444. The lowest BCUT2D eigenvalue weighted by Gasteiger charge is -1.97. The molecule has 0 aromatic rings. The van der Waals surface area contributed by atoms with Crippen LogP contribution in [0, 0.1) is 5.41 Å². The highest BCUT2D eigenvalue weighted by molar-refractivity contribution is 6.39. The fourth-order valence-electron chi connectivity index (χ4n) is 0.419. The van der Waals surface area contributed by atoms with Crippen LogP contribution in [-0.2, 0) is 9.53 Å². The molecule has 0 bridgehead atoms. The molecule has 0 saturated heterocycles. The summed E-state index contributed by atoms with van der Waals surface area (Å²) in [5, 5.41) is 18.9. The van der Waals surface area contributed by atoms with E-state index in [0.717, 1.165) is 13.2 Å². The van der Waals surface area contributed by atoms with E-state index in [2.05, 4.69) is 16.6 Å². The maximum Gasteiger partial charge on any atom is 0.356 e. The van der Waals surface area contributed by atoms with Crippen LogP contribution in [0.1, 0.15) is 0 Å². The van der Waals surface area contributed by atoms with Gasteiger partial charge in [-0.25, -0.2) is 10.2 Å². The number of ether oxygens (including phenoxy) is 1. The molecule has 0 radical (unpaired) electrons. The largest absolute Gasteiger partial charge is 0.494 e. The molecule has 6 nitrogen and oxygen atoms in total. The Morgan fingerprint density at radius 2 is 2.42 bits per heavy atom. The Labute approximate surface area is 69.0 Å². The number of nitrogens with zero attached hydrogens (tertiary/aromatic N) is 1. The summed E-state index contributed by atoms with van der Waals surface area (Å²) in [6, 6.07) is 0. The minimum atomic E-state index is -0.840. The molecule has 0 aliphatic rings. The second kappa shape index (κ2) is 4.89. The van der Waals surface area contributed by atoms with E-state index in [1.54, 1.807) is 0 Å². The molecule has 0 aliphatic carbocycles. The lowest BCUT2D eigenvalue weighted by atomic mass is 10.3. The summed E-state index contributed by atoms with van der Waals surface area (Å²) >= 11 is 0. The van der Waals surface area contributed by atoms with E-state index in [1.807, 2.05) is 5.43 Å². The summed E-state index contributed by atoms with van der Waals surface area (Å²) < 4.78 is 4.20. The molecule has 0 aromatic carbocycles. The number of carbonyl (C=O) groups is 1. The predicted molar refractivity (Wildman–Crippen MR) is 43.1 cm³/mol. The maximum atomic E-state index is 10.6. The number of hydrazone groups is 1. The number of esters is 1. The van der Waals surface area contributed by atoms with Crippen LogP contribution in [-0.4, -0.2) is 30.6 Å². The Hall–Kier alpha value is -1.85. The van der Waals surface area contributed by atoms with Gasteiger partial charge in [-0.1, -0.05) is 0 Å². The second-order valence-corrected chi connectivity index (χ2v) is 1.70. The fourth-order valence-corrected chi connectivity index (χ4v) is 0.419. The highest BCUT2D eigenvalue weighted by Crippen LogP contribution is 1.86. The quantitative estimate of drug-likeness (QED) is 0.236. The molecule has 0 saturated carbocycles. The molecule has 0 amide bonds. The van der Waals surface area contributed by atoms with Gasteiger partial charge in [-0.2, -0.15) is 5.10 Å². The zero-order valence-electron chi connectivity index (χ0n) is 6.50. The van der Waals surface area contributed by atoms with E-state index in [1.165, 1.54) is 0 Å². The fraction of sp³-hybridized carbons (Fsp3) is 0.167. The first kappa shape index (κ1) is 10.2. The summed E-state index contributed by atoms with van der Waals surface area (Å²) in [7, 11) is 1.14. The molecule has 0 aliphatic heterocycles. The minimum Gasteiger partial charge on any atom is -0.494 e. The van der Waals surface area contributed by atoms with Crippen molar-refractivity contribution in [1.82, 2.24) is 5.43 Å². The first-order valence-electron chi connectivity index (χ1n) is 2.91. The molecule has 0 aromatic heterocycles. The standard InChI is InChI=1S/C6H9N3O3/c1-8-9-5(10)3-4(7)6(11)12-2/h3,7,9-10H,1H2,2H3/b5-3+,7-4?. The Balaban J connectivity index is 4.22. The number of aliphatic hydroxyl groups is 1. The molecule has 0 heterocycles. The van der Waals surface area contributed by atoms with Gasteiger partial charge >= 0.3 is 5.97 Å². The zero-order valence-corrected chi connectivity index (χ0v) is 6.50. The van der Waals surface area contributed by atoms with E-state index in [0.29, 0.717) is 0 Å². The van der Waals surface area contributed by atoms with Crippen molar-refractivity contribution in [1.29, 1.82) is 5.41 Å². The van der Waals surface area contributed by atoms with Crippen LogP contribution in [0.5, 0.6) is 0 Å². The molecule has 6 heteroatoms. The summed E-state index contributed by atoms with van der Waals surface area (Å²) in [6.45, 7) is 3.02. The van der Waals surface area contributed by atoms with E-state index >= 15 is 0 Å². The Bertz CT molecular complexity index is 234. The third-order valence-electron chi connectivity index (χ3n) is 0.880. The van der Waals surface area contributed by atoms with Crippen molar-refractivity contribution in [2.45, 2.75) is 0 Å². The van der Waals surface area contributed by atoms with Crippen molar-refractivity contribution in [3.8, 4) is 0 Å². The average Bonchev–Trinajstić information content (AvgIpc) is 2.03. The molecule has 3 N–H and O–H groups in total. The Morgan fingerprint density at radius 1 is 1.83 bits per heavy atom. The smallest absolute Gasteiger partial charge is 0.356 e. The lowest BCUT2D eigenvalue weighted by Crippen LogP contribution is -2.15. The highest BCUT2D eigenvalue weighted by atomic mass is 16.5. The SMILES string of the molecule is C=NN/C(O)=C\C(=N)C(=O)OC. The molecule has 0 atom stereocenters. The molecular weight excluding hydrogens is 162 g/mol. The molecule has 0 fully saturated rings. The van der Waals surface area contributed by atoms with Gasteiger partial charge in [0.05, 0.1) is 7.11 Å². The van der Waals surface area contributed by atoms with Crippen LogP contribution >= 0.6 is 0 Å². The van der Waals surface area contributed by atoms with Crippen molar-refractivity contribution in [3.63, 3.8) is 0 Å². The van der Waals surface area contributed by atoms with Gasteiger partial charge in [0.2, 0.25) is 5.88 Å². The van der Waals surface area contributed by atoms with Crippen molar-refractivity contribution < 1.29 is 14.6 Å². The van der Waals surface area contributed by atoms with Crippen LogP contribution in [0.25, 0.3) is 0 Å². The van der Waals surface area contributed by atoms with Gasteiger partial charge in [-0.3, -0.25) is 5.41 Å². The molecule has 0 spiro atoms. The molecular formula is C6H9N3O3. The van der Waals surface area contributed by atoms with Gasteiger partial charge in [0.25, 0.3) is 0 Å². The van der Waals surface area contributed by atoms with Crippen LogP contribution in [0.4, 0.5) is 0 Å². The topological polar surface area (TPSA) is 94.8 Å². The first-order chi connectivity index (χ1) is 5.61. The van der Waals surface area contributed by atoms with Crippen LogP contribution in [0.2, 0.25) is 0 Å². The third-order valence-corrected chi connectivity index (χ3v) is 0.880. The number of hydrogen-bond donors (Lipinski definition) is 3. The van der Waals surface area contributed by atoms with Crippen LogP contribution < -0.4 is 5.43 Å². The average molecular weight is 171 g/mol. The lowest BCUT2D eigenvalue weighted by molar-refractivity contribution is -0.132. The Morgan fingerprint density at radius 3 is 2.83 bits per heavy atom. The number of carbonyl (C=O) groups excluding carboxylic acids is 1. The van der Waals surface area contributed by atoms with Gasteiger partial charge in [-0.15, -0.1) is 0 Å². The van der Waals surface area contributed by atoms with Crippen molar-refractivity contribution in [3.05, 3.63) is 12.0 Å². The zero-order chi connectivity index (χ0) is 9.56. The van der Waals surface area contributed by atoms with Gasteiger partial charge in [0.1, 0.15) is 5.71 Å². The van der Waals surface area contributed by atoms with Gasteiger partial charge in [0, 0.05) is 12.8 Å². The molecule has 0 rings (SSSR count). The van der Waals surface area contributed by atoms with Crippen LogP contribution in [0.3, 0.4) is 0 Å². The third kappa shape index (κ3) is 3.35. The normalized spacial score (nSPS) is 10.2. The molecule has 0 unspecified atom stereocenters. The van der Waals surface area contributed by atoms with E-state index < -0.39 is 17.6 Å². The van der Waals surface area contributed by atoms with E-state index in [-0.39, 0.29) is 0 Å². The highest BCUT2D eigenvalue weighted by Gasteiger charge is 2.06. The second-order valence-electron chi connectivity index (χ2n) is 1.70. The van der Waals surface area contributed by atoms with Crippen LogP contribution in [0.15, 0.2) is 17.1 Å². The number of rotatable bonds is 4. The monoisotopic (exact) mass is 171 g/mol.